The molecule has 52 heavy (non-hydrogen) atoms. The van der Waals surface area contributed by atoms with Crippen molar-refractivity contribution >= 4 is 44.6 Å². The van der Waals surface area contributed by atoms with Gasteiger partial charge in [-0.25, -0.2) is 15.0 Å². The average molecular weight is 686 g/mol. The van der Waals surface area contributed by atoms with Crippen molar-refractivity contribution in [3.8, 4) is 45.3 Å². The second-order valence-corrected chi connectivity index (χ2v) is 15.5. The molecule has 0 radical (unpaired) electrons. The minimum absolute atomic E-state index is 0.609. The van der Waals surface area contributed by atoms with Gasteiger partial charge in [0, 0.05) is 32.6 Å². The SMILES string of the molecule is O=P(c1ccccc1)(c1ccccc1)c1cccc(-c2c3ccccc3c(-c3nc(-c4ccccc4)nc(-c4ccccc4)n3)c3ccccc23)c1. The minimum Gasteiger partial charge on any atom is -0.309 e. The molecule has 0 aliphatic rings. The third-order valence-corrected chi connectivity index (χ3v) is 12.6. The first-order chi connectivity index (χ1) is 25.7. The monoisotopic (exact) mass is 685 g/mol. The van der Waals surface area contributed by atoms with Crippen LogP contribution in [0.25, 0.3) is 66.8 Å². The molecule has 0 atom stereocenters. The second kappa shape index (κ2) is 13.3. The van der Waals surface area contributed by atoms with Gasteiger partial charge in [0.05, 0.1) is 0 Å². The number of nitrogens with zero attached hydrogens (tertiary/aromatic N) is 3. The van der Waals surface area contributed by atoms with Crippen LogP contribution >= 0.6 is 7.14 Å². The molecule has 0 unspecified atom stereocenters. The largest absolute Gasteiger partial charge is 0.309 e. The molecule has 0 N–H and O–H groups in total. The number of hydrogen-bond donors (Lipinski definition) is 0. The fourth-order valence-electron chi connectivity index (χ4n) is 7.18. The smallest absolute Gasteiger partial charge is 0.171 e. The number of hydrogen-bond acceptors (Lipinski definition) is 4. The Labute approximate surface area is 302 Å². The number of aromatic nitrogens is 3. The third kappa shape index (κ3) is 5.51. The van der Waals surface area contributed by atoms with Crippen LogP contribution in [0.3, 0.4) is 0 Å². The Hall–Kier alpha value is -6.48. The maximum Gasteiger partial charge on any atom is 0.171 e. The van der Waals surface area contributed by atoms with Gasteiger partial charge < -0.3 is 4.57 Å². The zero-order valence-corrected chi connectivity index (χ0v) is 29.1. The Morgan fingerprint density at radius 1 is 0.308 bits per heavy atom. The highest BCUT2D eigenvalue weighted by molar-refractivity contribution is 7.85. The van der Waals surface area contributed by atoms with Gasteiger partial charge in [0.25, 0.3) is 0 Å². The van der Waals surface area contributed by atoms with Crippen LogP contribution in [0.1, 0.15) is 0 Å². The number of rotatable bonds is 7. The summed E-state index contributed by atoms with van der Waals surface area (Å²) in [6.45, 7) is 0. The van der Waals surface area contributed by atoms with E-state index < -0.39 is 7.14 Å². The average Bonchev–Trinajstić information content (AvgIpc) is 3.23. The lowest BCUT2D eigenvalue weighted by Gasteiger charge is -2.22. The van der Waals surface area contributed by atoms with E-state index in [1.54, 1.807) is 0 Å². The highest BCUT2D eigenvalue weighted by atomic mass is 31.2. The van der Waals surface area contributed by atoms with Gasteiger partial charge in [-0.3, -0.25) is 0 Å². The summed E-state index contributed by atoms with van der Waals surface area (Å²) in [5.74, 6) is 1.84. The Kier molecular flexibility index (Phi) is 8.08. The first-order valence-corrected chi connectivity index (χ1v) is 19.0. The van der Waals surface area contributed by atoms with E-state index in [2.05, 4.69) is 60.7 Å². The number of benzene rings is 8. The highest BCUT2D eigenvalue weighted by Crippen LogP contribution is 2.46. The minimum atomic E-state index is -3.20. The Morgan fingerprint density at radius 3 is 1.12 bits per heavy atom. The molecule has 9 rings (SSSR count). The van der Waals surface area contributed by atoms with Gasteiger partial charge >= 0.3 is 0 Å². The molecule has 1 aromatic heterocycles. The quantitative estimate of drug-likeness (QED) is 0.124. The molecule has 0 fully saturated rings. The van der Waals surface area contributed by atoms with Gasteiger partial charge in [-0.2, -0.15) is 0 Å². The molecule has 0 bridgehead atoms. The van der Waals surface area contributed by atoms with Crippen molar-refractivity contribution < 1.29 is 4.57 Å². The summed E-state index contributed by atoms with van der Waals surface area (Å²) in [5.41, 5.74) is 4.86. The van der Waals surface area contributed by atoms with E-state index >= 15 is 4.57 Å². The predicted octanol–water partition coefficient (Wildman–Crippen LogP) is 10.5. The molecule has 0 amide bonds. The second-order valence-electron chi connectivity index (χ2n) is 12.7. The van der Waals surface area contributed by atoms with Gasteiger partial charge in [-0.1, -0.05) is 188 Å². The molecule has 0 aliphatic carbocycles. The van der Waals surface area contributed by atoms with Crippen molar-refractivity contribution in [2.24, 2.45) is 0 Å². The van der Waals surface area contributed by atoms with E-state index in [0.717, 1.165) is 65.3 Å². The van der Waals surface area contributed by atoms with Crippen LogP contribution in [0.5, 0.6) is 0 Å². The maximum absolute atomic E-state index is 15.4. The molecule has 1 heterocycles. The van der Waals surface area contributed by atoms with Crippen LogP contribution in [0.2, 0.25) is 0 Å². The summed E-state index contributed by atoms with van der Waals surface area (Å²) in [5, 5.41) is 6.58. The molecule has 4 nitrogen and oxygen atoms in total. The van der Waals surface area contributed by atoms with Gasteiger partial charge in [-0.05, 0) is 38.7 Å². The first-order valence-electron chi connectivity index (χ1n) is 17.3. The summed E-state index contributed by atoms with van der Waals surface area (Å²) in [6.07, 6.45) is 0. The van der Waals surface area contributed by atoms with E-state index in [1.807, 2.05) is 133 Å². The topological polar surface area (TPSA) is 55.7 Å². The van der Waals surface area contributed by atoms with Crippen LogP contribution in [0, 0.1) is 0 Å². The van der Waals surface area contributed by atoms with Crippen LogP contribution in [-0.4, -0.2) is 15.0 Å². The zero-order valence-electron chi connectivity index (χ0n) is 28.2. The zero-order chi connectivity index (χ0) is 34.9. The summed E-state index contributed by atoms with van der Waals surface area (Å²) in [7, 11) is -3.20. The van der Waals surface area contributed by atoms with Crippen LogP contribution in [0.4, 0.5) is 0 Å². The van der Waals surface area contributed by atoms with E-state index in [-0.39, 0.29) is 0 Å². The van der Waals surface area contributed by atoms with Gasteiger partial charge in [0.1, 0.15) is 0 Å². The van der Waals surface area contributed by atoms with Crippen molar-refractivity contribution in [3.63, 3.8) is 0 Å². The molecule has 9 aromatic rings. The predicted molar refractivity (Wildman–Crippen MR) is 216 cm³/mol. The lowest BCUT2D eigenvalue weighted by molar-refractivity contribution is 0.592. The van der Waals surface area contributed by atoms with Crippen molar-refractivity contribution in [2.75, 3.05) is 0 Å². The van der Waals surface area contributed by atoms with E-state index in [4.69, 9.17) is 15.0 Å². The van der Waals surface area contributed by atoms with Crippen LogP contribution < -0.4 is 15.9 Å². The first kappa shape index (κ1) is 31.5. The van der Waals surface area contributed by atoms with Gasteiger partial charge in [0.15, 0.2) is 24.6 Å². The van der Waals surface area contributed by atoms with Gasteiger partial charge in [0.2, 0.25) is 0 Å². The molecular formula is C47H32N3OP. The van der Waals surface area contributed by atoms with E-state index in [1.165, 1.54) is 0 Å². The normalized spacial score (nSPS) is 11.5. The van der Waals surface area contributed by atoms with Crippen molar-refractivity contribution in [1.82, 2.24) is 15.0 Å². The third-order valence-electron chi connectivity index (χ3n) is 9.59. The fraction of sp³-hybridized carbons (Fsp3) is 0. The summed E-state index contributed by atoms with van der Waals surface area (Å²) < 4.78 is 15.4. The van der Waals surface area contributed by atoms with E-state index in [0.29, 0.717) is 17.5 Å². The van der Waals surface area contributed by atoms with Crippen molar-refractivity contribution in [2.45, 2.75) is 0 Å². The maximum atomic E-state index is 15.4. The van der Waals surface area contributed by atoms with Gasteiger partial charge in [-0.15, -0.1) is 0 Å². The Bertz CT molecular complexity index is 2600. The summed E-state index contributed by atoms with van der Waals surface area (Å²) >= 11 is 0. The van der Waals surface area contributed by atoms with Crippen LogP contribution in [0.15, 0.2) is 194 Å². The standard InChI is InChI=1S/C47H32N3OP/c51-52(36-23-9-3-10-24-36,37-25-11-4-12-26-37)38-27-17-22-35(32-38)43-39-28-13-15-30-41(39)44(42-31-16-14-29-40(42)43)47-49-45(33-18-5-1-6-19-33)48-46(50-47)34-20-7-2-8-21-34/h1-32H. The van der Waals surface area contributed by atoms with E-state index in [9.17, 15) is 0 Å². The summed E-state index contributed by atoms with van der Waals surface area (Å²) in [4.78, 5) is 15.3. The van der Waals surface area contributed by atoms with Crippen molar-refractivity contribution in [3.05, 3.63) is 194 Å². The molecule has 0 aliphatic heterocycles. The lowest BCUT2D eigenvalue weighted by atomic mass is 9.88. The van der Waals surface area contributed by atoms with Crippen LogP contribution in [-0.2, 0) is 4.57 Å². The molecule has 0 spiro atoms. The fourth-order valence-corrected chi connectivity index (χ4v) is 9.88. The molecule has 0 saturated carbocycles. The summed E-state index contributed by atoms with van der Waals surface area (Å²) in [6, 6.07) is 65.0. The molecule has 5 heteroatoms. The number of fused-ring (bicyclic) bond motifs is 2. The Morgan fingerprint density at radius 2 is 0.654 bits per heavy atom. The Balaban J connectivity index is 1.31. The lowest BCUT2D eigenvalue weighted by Crippen LogP contribution is -2.25. The highest BCUT2D eigenvalue weighted by Gasteiger charge is 2.30. The van der Waals surface area contributed by atoms with Crippen molar-refractivity contribution in [1.29, 1.82) is 0 Å². The molecule has 0 saturated heterocycles. The molecule has 8 aromatic carbocycles. The molecule has 246 valence electrons. The molecular weight excluding hydrogens is 654 g/mol.